The number of nitrogen functional groups attached to an aromatic ring is 1. The molecule has 6 heteroatoms. The van der Waals surface area contributed by atoms with Crippen molar-refractivity contribution >= 4 is 28.1 Å². The van der Waals surface area contributed by atoms with Crippen molar-refractivity contribution in [3.63, 3.8) is 0 Å². The van der Waals surface area contributed by atoms with Gasteiger partial charge in [-0.3, -0.25) is 4.79 Å². The van der Waals surface area contributed by atoms with Crippen molar-refractivity contribution in [3.05, 3.63) is 76.1 Å². The molecule has 0 aliphatic heterocycles. The Morgan fingerprint density at radius 1 is 1.28 bits per heavy atom. The lowest BCUT2D eigenvalue weighted by molar-refractivity contribution is -0.115. The number of benzene rings is 2. The van der Waals surface area contributed by atoms with Crippen LogP contribution in [-0.4, -0.2) is 16.0 Å². The van der Waals surface area contributed by atoms with E-state index in [1.165, 1.54) is 12.3 Å². The predicted octanol–water partition coefficient (Wildman–Crippen LogP) is 4.66. The van der Waals surface area contributed by atoms with E-state index in [1.807, 2.05) is 0 Å². The van der Waals surface area contributed by atoms with Crippen LogP contribution in [0.4, 0.5) is 10.8 Å². The summed E-state index contributed by atoms with van der Waals surface area (Å²) in [4.78, 5) is 16.4. The molecule has 3 rings (SSSR count). The summed E-state index contributed by atoms with van der Waals surface area (Å²) < 4.78 is 99.1. The minimum absolute atomic E-state index is 0.0680. The molecule has 0 aliphatic carbocycles. The lowest BCUT2D eigenvalue weighted by Crippen LogP contribution is -2.14. The molecule has 3 aromatic rings. The largest absolute Gasteiger partial charge is 0.388 e. The van der Waals surface area contributed by atoms with Crippen molar-refractivity contribution in [1.82, 2.24) is 4.98 Å². The van der Waals surface area contributed by atoms with Crippen LogP contribution in [0.1, 0.15) is 64.2 Å². The fourth-order valence-electron chi connectivity index (χ4n) is 2.24. The number of nitrogens with one attached hydrogen (secondary N) is 1. The number of aliphatic hydroxyl groups is 1. The lowest BCUT2D eigenvalue weighted by atomic mass is 10.0. The minimum atomic E-state index is -3.13. The molecule has 152 valence electrons. The van der Waals surface area contributed by atoms with E-state index in [9.17, 15) is 9.90 Å². The number of nitrogens with two attached hydrogens (primary N) is 1. The van der Waals surface area contributed by atoms with Crippen LogP contribution in [0.3, 0.4) is 0 Å². The molecule has 0 radical (unpaired) electrons. The van der Waals surface area contributed by atoms with E-state index in [4.69, 9.17) is 22.2 Å². The standard InChI is InChI=1S/C23H27N3O2S/c1-16-6-10-18(11-7-16)21(27)5-3-2-4-17-8-12-19(13-9-17)25-22(28)14-20-15-29-23(24)26-20/h6-13,15,21,27H,2-5,14H2,1H3,(H2,24,26)(H,25,28)/t21-/m0/s1/i2D2,4D2,6D,7D,8D,9D,10D,11D,12D,13D. The van der Waals surface area contributed by atoms with E-state index in [0.717, 1.165) is 11.3 Å². The van der Waals surface area contributed by atoms with Gasteiger partial charge in [0.2, 0.25) is 5.91 Å². The highest BCUT2D eigenvalue weighted by molar-refractivity contribution is 7.13. The number of hydrogen-bond acceptors (Lipinski definition) is 5. The number of thiazole rings is 1. The van der Waals surface area contributed by atoms with Gasteiger partial charge in [0.15, 0.2) is 5.13 Å². The first kappa shape index (κ1) is 10.4. The molecule has 0 saturated carbocycles. The molecule has 1 amide bonds. The monoisotopic (exact) mass is 421 g/mol. The van der Waals surface area contributed by atoms with Gasteiger partial charge >= 0.3 is 0 Å². The molecule has 5 nitrogen and oxygen atoms in total. The van der Waals surface area contributed by atoms with Crippen LogP contribution >= 0.6 is 11.3 Å². The first-order valence-electron chi connectivity index (χ1n) is 14.7. The van der Waals surface area contributed by atoms with Crippen molar-refractivity contribution in [2.75, 3.05) is 11.1 Å². The number of anilines is 2. The predicted molar refractivity (Wildman–Crippen MR) is 119 cm³/mol. The van der Waals surface area contributed by atoms with Crippen molar-refractivity contribution < 1.29 is 26.4 Å². The number of carbonyl (C=O) groups is 1. The van der Waals surface area contributed by atoms with Gasteiger partial charge < -0.3 is 16.2 Å². The molecule has 29 heavy (non-hydrogen) atoms. The van der Waals surface area contributed by atoms with Crippen LogP contribution < -0.4 is 11.1 Å². The summed E-state index contributed by atoms with van der Waals surface area (Å²) in [5, 5.41) is 14.7. The molecule has 2 aromatic carbocycles. The summed E-state index contributed by atoms with van der Waals surface area (Å²) in [6.07, 6.45) is -9.27. The second-order valence-corrected chi connectivity index (χ2v) is 6.94. The van der Waals surface area contributed by atoms with E-state index in [-0.39, 0.29) is 34.8 Å². The van der Waals surface area contributed by atoms with E-state index < -0.39 is 85.1 Å². The summed E-state index contributed by atoms with van der Waals surface area (Å²) in [6, 6.07) is -5.16. The van der Waals surface area contributed by atoms with Gasteiger partial charge in [-0.2, -0.15) is 0 Å². The topological polar surface area (TPSA) is 88.2 Å². The van der Waals surface area contributed by atoms with E-state index in [0.29, 0.717) is 5.69 Å². The van der Waals surface area contributed by atoms with Crippen LogP contribution in [-0.2, 0) is 17.6 Å². The Bertz CT molecular complexity index is 1450. The zero-order valence-electron chi connectivity index (χ0n) is 27.6. The van der Waals surface area contributed by atoms with Gasteiger partial charge in [0, 0.05) is 16.6 Å². The van der Waals surface area contributed by atoms with Crippen molar-refractivity contribution in [3.8, 4) is 0 Å². The SMILES string of the molecule is [2H]c1c([2H])c([C@@H](O)CCC([2H])([2H])C([2H])([2H])c2c([2H])c([2H])c(NC(=O)Cc3csc(N)n3)c([2H])c2[2H])c([2H])c([2H])c1C. The van der Waals surface area contributed by atoms with Crippen LogP contribution in [0.2, 0.25) is 0 Å². The third-order valence-corrected chi connectivity index (χ3v) is 4.38. The minimum Gasteiger partial charge on any atom is -0.388 e. The average Bonchev–Trinajstić information content (AvgIpc) is 3.30. The lowest BCUT2D eigenvalue weighted by Gasteiger charge is -2.11. The Labute approximate surface area is 192 Å². The Hall–Kier alpha value is -2.70. The quantitative estimate of drug-likeness (QED) is 0.469. The van der Waals surface area contributed by atoms with E-state index >= 15 is 0 Å². The summed E-state index contributed by atoms with van der Waals surface area (Å²) >= 11 is 1.10. The maximum absolute atomic E-state index is 12.4. The van der Waals surface area contributed by atoms with E-state index in [1.54, 1.807) is 0 Å². The number of aliphatic hydroxyl groups excluding tert-OH is 1. The van der Waals surface area contributed by atoms with Gasteiger partial charge in [-0.25, -0.2) is 4.98 Å². The second-order valence-electron chi connectivity index (χ2n) is 6.05. The third-order valence-electron chi connectivity index (χ3n) is 3.66. The number of hydrogen-bond donors (Lipinski definition) is 3. The van der Waals surface area contributed by atoms with Gasteiger partial charge in [-0.05, 0) is 49.3 Å². The molecule has 0 bridgehead atoms. The van der Waals surface area contributed by atoms with Gasteiger partial charge in [-0.1, -0.05) is 48.2 Å². The number of aromatic nitrogens is 1. The van der Waals surface area contributed by atoms with Gasteiger partial charge in [0.1, 0.15) is 0 Å². The maximum Gasteiger partial charge on any atom is 0.230 e. The van der Waals surface area contributed by atoms with Crippen LogP contribution in [0.15, 0.2) is 53.7 Å². The van der Waals surface area contributed by atoms with Crippen LogP contribution in [0.25, 0.3) is 0 Å². The average molecular weight is 422 g/mol. The number of rotatable bonds is 9. The second kappa shape index (κ2) is 10.2. The molecule has 0 unspecified atom stereocenters. The number of carbonyl (C=O) groups excluding carboxylic acids is 1. The Balaban J connectivity index is 1.90. The summed E-state index contributed by atoms with van der Waals surface area (Å²) in [5.41, 5.74) is 4.15. The number of amides is 1. The summed E-state index contributed by atoms with van der Waals surface area (Å²) in [6.45, 7) is 1.38. The van der Waals surface area contributed by atoms with Crippen LogP contribution in [0, 0.1) is 6.92 Å². The molecular formula is C23H27N3O2S. The zero-order valence-corrected chi connectivity index (χ0v) is 16.4. The zero-order chi connectivity index (χ0) is 31.2. The highest BCUT2D eigenvalue weighted by Crippen LogP contribution is 2.21. The Morgan fingerprint density at radius 2 is 2.00 bits per heavy atom. The van der Waals surface area contributed by atoms with Gasteiger partial charge in [0.05, 0.1) is 29.2 Å². The highest BCUT2D eigenvalue weighted by atomic mass is 32.1. The van der Waals surface area contributed by atoms with Crippen molar-refractivity contribution in [2.24, 2.45) is 0 Å². The molecule has 1 aromatic heterocycles. The maximum atomic E-state index is 12.4. The van der Waals surface area contributed by atoms with Gasteiger partial charge in [-0.15, -0.1) is 11.3 Å². The normalized spacial score (nSPS) is 18.8. The fourth-order valence-corrected chi connectivity index (χ4v) is 2.81. The molecule has 4 N–H and O–H groups in total. The third kappa shape index (κ3) is 6.69. The van der Waals surface area contributed by atoms with Gasteiger partial charge in [0.25, 0.3) is 0 Å². The molecular weight excluding hydrogens is 382 g/mol. The fraction of sp³-hybridized carbons (Fsp3) is 0.304. The number of nitrogens with zero attached hydrogens (tertiary/aromatic N) is 1. The van der Waals surface area contributed by atoms with Crippen LogP contribution in [0.5, 0.6) is 0 Å². The molecule has 0 spiro atoms. The Morgan fingerprint density at radius 3 is 2.66 bits per heavy atom. The molecule has 0 aliphatic rings. The van der Waals surface area contributed by atoms with E-state index in [2.05, 4.69) is 10.3 Å². The summed E-state index contributed by atoms with van der Waals surface area (Å²) in [7, 11) is 0. The highest BCUT2D eigenvalue weighted by Gasteiger charge is 2.08. The van der Waals surface area contributed by atoms with Crippen molar-refractivity contribution in [1.29, 1.82) is 0 Å². The first-order chi connectivity index (χ1) is 18.8. The summed E-state index contributed by atoms with van der Waals surface area (Å²) in [5.74, 6) is -0.721. The molecule has 1 atom stereocenters. The van der Waals surface area contributed by atoms with Crippen molar-refractivity contribution in [2.45, 2.75) is 45.0 Å². The molecule has 0 fully saturated rings. The molecule has 0 saturated heterocycles. The molecule has 1 heterocycles. The Kier molecular flexibility index (Phi) is 3.64. The first-order valence-corrected chi connectivity index (χ1v) is 9.56. The smallest absolute Gasteiger partial charge is 0.230 e.